The van der Waals surface area contributed by atoms with Gasteiger partial charge in [0.05, 0.1) is 11.8 Å². The van der Waals surface area contributed by atoms with Crippen LogP contribution in [0.15, 0.2) is 47.9 Å². The molecule has 20 heavy (non-hydrogen) atoms. The molecule has 2 rings (SSSR count). The number of nitrogens with zero attached hydrogens (tertiary/aromatic N) is 3. The van der Waals surface area contributed by atoms with Gasteiger partial charge in [-0.3, -0.25) is 0 Å². The van der Waals surface area contributed by atoms with Gasteiger partial charge in [-0.25, -0.2) is 0 Å². The van der Waals surface area contributed by atoms with Gasteiger partial charge in [0.2, 0.25) is 0 Å². The summed E-state index contributed by atoms with van der Waals surface area (Å²) in [7, 11) is 3.77. The summed E-state index contributed by atoms with van der Waals surface area (Å²) in [5.74, 6) is 1.20. The van der Waals surface area contributed by atoms with Crippen LogP contribution in [0.4, 0.5) is 0 Å². The second-order valence-corrected chi connectivity index (χ2v) is 5.34. The first-order valence-electron chi connectivity index (χ1n) is 5.92. The average Bonchev–Trinajstić information content (AvgIpc) is 2.42. The molecule has 1 aromatic carbocycles. The number of benzene rings is 1. The van der Waals surface area contributed by atoms with Crippen molar-refractivity contribution in [3.8, 4) is 5.75 Å². The molecule has 0 radical (unpaired) electrons. The van der Waals surface area contributed by atoms with E-state index in [1.54, 1.807) is 36.4 Å². The van der Waals surface area contributed by atoms with Gasteiger partial charge in [-0.1, -0.05) is 11.6 Å². The normalized spacial score (nSPS) is 18.0. The SMILES string of the molecule is CN(C)C1=CC(Cl)C(=[N+]=[N-])C=C1Oc1ccc(Cl)cc1. The highest BCUT2D eigenvalue weighted by atomic mass is 35.5. The zero-order chi connectivity index (χ0) is 14.7. The van der Waals surface area contributed by atoms with Crippen LogP contribution in [-0.4, -0.2) is 34.9 Å². The Balaban J connectivity index is 2.33. The van der Waals surface area contributed by atoms with E-state index in [1.807, 2.05) is 19.0 Å². The molecule has 0 N–H and O–H groups in total. The van der Waals surface area contributed by atoms with Crippen LogP contribution in [0.2, 0.25) is 5.02 Å². The van der Waals surface area contributed by atoms with Crippen LogP contribution < -0.4 is 4.74 Å². The molecule has 4 nitrogen and oxygen atoms in total. The minimum atomic E-state index is -0.491. The summed E-state index contributed by atoms with van der Waals surface area (Å²) in [4.78, 5) is 5.05. The number of allylic oxidation sites excluding steroid dienone is 2. The van der Waals surface area contributed by atoms with Crippen LogP contribution in [0, 0.1) is 0 Å². The molecule has 6 heteroatoms. The lowest BCUT2D eigenvalue weighted by atomic mass is 10.1. The maximum atomic E-state index is 8.95. The van der Waals surface area contributed by atoms with Crippen molar-refractivity contribution >= 4 is 28.9 Å². The molecule has 0 aliphatic heterocycles. The molecular weight excluding hydrogens is 297 g/mol. The number of ether oxygens (including phenoxy) is 1. The van der Waals surface area contributed by atoms with E-state index >= 15 is 0 Å². The number of hydrogen-bond acceptors (Lipinski definition) is 2. The summed E-state index contributed by atoms with van der Waals surface area (Å²) < 4.78 is 5.81. The fourth-order valence-corrected chi connectivity index (χ4v) is 2.11. The predicted octanol–water partition coefficient (Wildman–Crippen LogP) is 3.34. The maximum absolute atomic E-state index is 8.95. The molecule has 1 aliphatic carbocycles. The standard InChI is InChI=1S/C14H13Cl2N3O/c1-19(2)13-7-11(16)12(18-17)8-14(13)20-10-5-3-9(15)4-6-10/h3-8,11H,1-2H3. The van der Waals surface area contributed by atoms with Gasteiger partial charge in [0.15, 0.2) is 11.1 Å². The maximum Gasteiger partial charge on any atom is 0.317 e. The van der Waals surface area contributed by atoms with Crippen molar-refractivity contribution in [3.63, 3.8) is 0 Å². The molecule has 0 heterocycles. The smallest absolute Gasteiger partial charge is 0.317 e. The van der Waals surface area contributed by atoms with E-state index in [0.29, 0.717) is 22.2 Å². The minimum absolute atomic E-state index is 0.334. The number of rotatable bonds is 3. The molecule has 0 saturated heterocycles. The number of likely N-dealkylation sites (N-methyl/N-ethyl adjacent to an activating group) is 1. The fourth-order valence-electron chi connectivity index (χ4n) is 1.76. The molecule has 0 bridgehead atoms. The summed E-state index contributed by atoms with van der Waals surface area (Å²) in [5, 5.41) is 0.145. The Morgan fingerprint density at radius 2 is 1.90 bits per heavy atom. The monoisotopic (exact) mass is 309 g/mol. The van der Waals surface area contributed by atoms with E-state index in [1.165, 1.54) is 0 Å². The molecule has 1 aromatic rings. The first kappa shape index (κ1) is 14.7. The van der Waals surface area contributed by atoms with Crippen molar-refractivity contribution in [3.05, 3.63) is 58.4 Å². The van der Waals surface area contributed by atoms with Gasteiger partial charge >= 0.3 is 5.71 Å². The lowest BCUT2D eigenvalue weighted by Gasteiger charge is -2.23. The van der Waals surface area contributed by atoms with Gasteiger partial charge in [0, 0.05) is 19.1 Å². The molecule has 0 aromatic heterocycles. The lowest BCUT2D eigenvalue weighted by molar-refractivity contribution is -0.00544. The number of alkyl halides is 1. The Morgan fingerprint density at radius 1 is 1.25 bits per heavy atom. The van der Waals surface area contributed by atoms with E-state index in [0.717, 1.165) is 5.70 Å². The molecule has 0 amide bonds. The zero-order valence-corrected chi connectivity index (χ0v) is 12.6. The average molecular weight is 310 g/mol. The molecule has 1 aliphatic rings. The van der Waals surface area contributed by atoms with Crippen molar-refractivity contribution < 1.29 is 9.53 Å². The summed E-state index contributed by atoms with van der Waals surface area (Å²) in [6.07, 6.45) is 3.38. The van der Waals surface area contributed by atoms with Crippen molar-refractivity contribution in [1.82, 2.24) is 4.90 Å². The third-order valence-electron chi connectivity index (χ3n) is 2.76. The van der Waals surface area contributed by atoms with Crippen molar-refractivity contribution in [2.24, 2.45) is 0 Å². The van der Waals surface area contributed by atoms with Crippen molar-refractivity contribution in [2.45, 2.75) is 5.38 Å². The first-order valence-corrected chi connectivity index (χ1v) is 6.73. The largest absolute Gasteiger partial charge is 0.455 e. The molecule has 104 valence electrons. The highest BCUT2D eigenvalue weighted by Crippen LogP contribution is 2.26. The van der Waals surface area contributed by atoms with E-state index in [2.05, 4.69) is 4.79 Å². The summed E-state index contributed by atoms with van der Waals surface area (Å²) >= 11 is 11.9. The number of hydrogen-bond donors (Lipinski definition) is 0. The fraction of sp³-hybridized carbons (Fsp3) is 0.214. The first-order chi connectivity index (χ1) is 9.51. The van der Waals surface area contributed by atoms with E-state index < -0.39 is 5.38 Å². The Bertz CT molecular complexity index is 614. The van der Waals surface area contributed by atoms with Crippen LogP contribution in [0.3, 0.4) is 0 Å². The number of halogens is 2. The van der Waals surface area contributed by atoms with Crippen LogP contribution in [-0.2, 0) is 0 Å². The quantitative estimate of drug-likeness (QED) is 0.488. The van der Waals surface area contributed by atoms with Crippen LogP contribution in [0.25, 0.3) is 5.53 Å². The van der Waals surface area contributed by atoms with Gasteiger partial charge in [-0.15, -0.1) is 11.6 Å². The molecule has 0 fully saturated rings. The Kier molecular flexibility index (Phi) is 4.50. The molecule has 1 unspecified atom stereocenters. The van der Waals surface area contributed by atoms with Crippen molar-refractivity contribution in [1.29, 1.82) is 0 Å². The van der Waals surface area contributed by atoms with Crippen LogP contribution in [0.5, 0.6) is 5.75 Å². The third kappa shape index (κ3) is 3.23. The molecule has 0 saturated carbocycles. The Morgan fingerprint density at radius 3 is 2.45 bits per heavy atom. The second-order valence-electron chi connectivity index (χ2n) is 4.44. The lowest BCUT2D eigenvalue weighted by Crippen LogP contribution is -2.25. The predicted molar refractivity (Wildman–Crippen MR) is 80.2 cm³/mol. The zero-order valence-electron chi connectivity index (χ0n) is 11.0. The third-order valence-corrected chi connectivity index (χ3v) is 3.36. The molecule has 0 spiro atoms. The molecular formula is C14H13Cl2N3O. The Labute approximate surface area is 127 Å². The van der Waals surface area contributed by atoms with Gasteiger partial charge < -0.3 is 15.2 Å². The van der Waals surface area contributed by atoms with Gasteiger partial charge in [0.1, 0.15) is 5.75 Å². The van der Waals surface area contributed by atoms with E-state index in [4.69, 9.17) is 33.5 Å². The summed E-state index contributed by atoms with van der Waals surface area (Å²) in [5.41, 5.74) is 10.1. The van der Waals surface area contributed by atoms with Crippen LogP contribution in [0.1, 0.15) is 0 Å². The highest BCUT2D eigenvalue weighted by Gasteiger charge is 2.27. The summed E-state index contributed by atoms with van der Waals surface area (Å²) in [6, 6.07) is 7.01. The second kappa shape index (κ2) is 6.14. The molecule has 1 atom stereocenters. The van der Waals surface area contributed by atoms with Gasteiger partial charge in [-0.2, -0.15) is 4.79 Å². The van der Waals surface area contributed by atoms with E-state index in [-0.39, 0.29) is 0 Å². The van der Waals surface area contributed by atoms with Gasteiger partial charge in [-0.05, 0) is 30.3 Å². The highest BCUT2D eigenvalue weighted by molar-refractivity contribution is 6.35. The van der Waals surface area contributed by atoms with Gasteiger partial charge in [0.25, 0.3) is 0 Å². The minimum Gasteiger partial charge on any atom is -0.455 e. The van der Waals surface area contributed by atoms with Crippen molar-refractivity contribution in [2.75, 3.05) is 14.1 Å². The van der Waals surface area contributed by atoms with E-state index in [9.17, 15) is 0 Å². The summed E-state index contributed by atoms with van der Waals surface area (Å²) in [6.45, 7) is 0. The topological polar surface area (TPSA) is 48.9 Å². The van der Waals surface area contributed by atoms with Crippen LogP contribution >= 0.6 is 23.2 Å². The Hall–Kier alpha value is -1.74.